The summed E-state index contributed by atoms with van der Waals surface area (Å²) in [6.07, 6.45) is 1.59. The Labute approximate surface area is 125 Å². The first kappa shape index (κ1) is 15.5. The molecule has 1 heterocycles. The number of amides is 1. The lowest BCUT2D eigenvalue weighted by Gasteiger charge is -2.33. The second-order valence-corrected chi connectivity index (χ2v) is 5.44. The lowest BCUT2D eigenvalue weighted by Crippen LogP contribution is -2.47. The van der Waals surface area contributed by atoms with Gasteiger partial charge in [-0.1, -0.05) is 19.1 Å². The van der Waals surface area contributed by atoms with Crippen LogP contribution in [0.25, 0.3) is 0 Å². The molecule has 1 aliphatic heterocycles. The van der Waals surface area contributed by atoms with Gasteiger partial charge in [-0.3, -0.25) is 9.69 Å². The van der Waals surface area contributed by atoms with Gasteiger partial charge in [-0.05, 0) is 37.0 Å². The number of nitrogens with zero attached hydrogens (tertiary/aromatic N) is 1. The molecule has 0 saturated heterocycles. The Kier molecular flexibility index (Phi) is 4.96. The van der Waals surface area contributed by atoms with Crippen molar-refractivity contribution in [2.75, 3.05) is 13.1 Å². The number of carbonyl (C=O) groups is 2. The highest BCUT2D eigenvalue weighted by Crippen LogP contribution is 2.24. The van der Waals surface area contributed by atoms with Crippen molar-refractivity contribution in [3.05, 3.63) is 34.9 Å². The molecule has 2 N–H and O–H groups in total. The predicted molar refractivity (Wildman–Crippen MR) is 80.3 cm³/mol. The molecule has 5 nitrogen and oxygen atoms in total. The normalized spacial score (nSPS) is 16.1. The van der Waals surface area contributed by atoms with E-state index in [1.165, 1.54) is 0 Å². The summed E-state index contributed by atoms with van der Waals surface area (Å²) in [5, 5.41) is 12.1. The van der Waals surface area contributed by atoms with Gasteiger partial charge >= 0.3 is 5.97 Å². The maximum atomic E-state index is 12.0. The summed E-state index contributed by atoms with van der Waals surface area (Å²) in [4.78, 5) is 25.4. The second-order valence-electron chi connectivity index (χ2n) is 5.44. The Balaban J connectivity index is 2.11. The van der Waals surface area contributed by atoms with Crippen LogP contribution in [0.4, 0.5) is 0 Å². The quantitative estimate of drug-likeness (QED) is 0.865. The first-order valence-corrected chi connectivity index (χ1v) is 7.40. The summed E-state index contributed by atoms with van der Waals surface area (Å²) in [6.45, 7) is 5.94. The van der Waals surface area contributed by atoms with Crippen LogP contribution in [-0.4, -0.2) is 41.0 Å². The third-order valence-electron chi connectivity index (χ3n) is 4.00. The SMILES string of the molecule is CCCNC(=O)C(C)N1CCc2c(cccc2C(=O)O)C1. The molecule has 1 aromatic rings. The number of nitrogens with one attached hydrogen (secondary N) is 1. The maximum Gasteiger partial charge on any atom is 0.335 e. The molecule has 1 unspecified atom stereocenters. The number of carboxylic acids is 1. The summed E-state index contributed by atoms with van der Waals surface area (Å²) in [7, 11) is 0. The van der Waals surface area contributed by atoms with Crippen LogP contribution in [0.15, 0.2) is 18.2 Å². The van der Waals surface area contributed by atoms with E-state index in [4.69, 9.17) is 0 Å². The van der Waals surface area contributed by atoms with E-state index in [1.54, 1.807) is 12.1 Å². The fourth-order valence-electron chi connectivity index (χ4n) is 2.72. The van der Waals surface area contributed by atoms with Crippen molar-refractivity contribution in [2.24, 2.45) is 0 Å². The number of hydrogen-bond acceptors (Lipinski definition) is 3. The summed E-state index contributed by atoms with van der Waals surface area (Å²) in [6, 6.07) is 5.17. The lowest BCUT2D eigenvalue weighted by atomic mass is 9.93. The van der Waals surface area contributed by atoms with E-state index < -0.39 is 5.97 Å². The number of rotatable bonds is 5. The molecule has 0 fully saturated rings. The first-order chi connectivity index (χ1) is 10.0. The summed E-state index contributed by atoms with van der Waals surface area (Å²) < 4.78 is 0. The predicted octanol–water partition coefficient (Wildman–Crippen LogP) is 1.66. The van der Waals surface area contributed by atoms with Crippen LogP contribution in [0.2, 0.25) is 0 Å². The average Bonchev–Trinajstić information content (AvgIpc) is 2.50. The molecule has 0 aliphatic carbocycles. The van der Waals surface area contributed by atoms with Crippen molar-refractivity contribution in [1.82, 2.24) is 10.2 Å². The van der Waals surface area contributed by atoms with Gasteiger partial charge in [0.25, 0.3) is 0 Å². The van der Waals surface area contributed by atoms with E-state index in [-0.39, 0.29) is 11.9 Å². The van der Waals surface area contributed by atoms with Crippen molar-refractivity contribution in [1.29, 1.82) is 0 Å². The molecule has 0 aromatic heterocycles. The van der Waals surface area contributed by atoms with Crippen LogP contribution in [0.3, 0.4) is 0 Å². The van der Waals surface area contributed by atoms with Crippen molar-refractivity contribution in [3.63, 3.8) is 0 Å². The summed E-state index contributed by atoms with van der Waals surface area (Å²) in [5.74, 6) is -0.844. The van der Waals surface area contributed by atoms with Gasteiger partial charge in [-0.25, -0.2) is 4.79 Å². The molecule has 5 heteroatoms. The molecular weight excluding hydrogens is 268 g/mol. The first-order valence-electron chi connectivity index (χ1n) is 7.40. The lowest BCUT2D eigenvalue weighted by molar-refractivity contribution is -0.126. The zero-order valence-electron chi connectivity index (χ0n) is 12.6. The standard InChI is InChI=1S/C16H22N2O3/c1-3-8-17-15(19)11(2)18-9-7-13-12(10-18)5-4-6-14(13)16(20)21/h4-6,11H,3,7-10H2,1-2H3,(H,17,19)(H,20,21). The minimum Gasteiger partial charge on any atom is -0.478 e. The van der Waals surface area contributed by atoms with Crippen LogP contribution in [0.5, 0.6) is 0 Å². The molecule has 1 atom stereocenters. The highest BCUT2D eigenvalue weighted by atomic mass is 16.4. The molecule has 1 aromatic carbocycles. The van der Waals surface area contributed by atoms with Crippen molar-refractivity contribution >= 4 is 11.9 Å². The van der Waals surface area contributed by atoms with Crippen molar-refractivity contribution in [2.45, 2.75) is 39.3 Å². The van der Waals surface area contributed by atoms with Crippen LogP contribution in [0.1, 0.15) is 41.8 Å². The van der Waals surface area contributed by atoms with Crippen LogP contribution >= 0.6 is 0 Å². The summed E-state index contributed by atoms with van der Waals surface area (Å²) in [5.41, 5.74) is 2.30. The third kappa shape index (κ3) is 3.42. The van der Waals surface area contributed by atoms with E-state index in [1.807, 2.05) is 19.9 Å². The number of hydrogen-bond donors (Lipinski definition) is 2. The Morgan fingerprint density at radius 3 is 2.86 bits per heavy atom. The number of aromatic carboxylic acids is 1. The molecule has 0 spiro atoms. The van der Waals surface area contributed by atoms with Gasteiger partial charge < -0.3 is 10.4 Å². The minimum absolute atomic E-state index is 0.0367. The van der Waals surface area contributed by atoms with E-state index in [9.17, 15) is 14.7 Å². The van der Waals surface area contributed by atoms with Gasteiger partial charge in [-0.2, -0.15) is 0 Å². The largest absolute Gasteiger partial charge is 0.478 e. The molecule has 1 amide bonds. The highest BCUT2D eigenvalue weighted by molar-refractivity contribution is 5.90. The minimum atomic E-state index is -0.881. The zero-order chi connectivity index (χ0) is 15.4. The molecular formula is C16H22N2O3. The fraction of sp³-hybridized carbons (Fsp3) is 0.500. The highest BCUT2D eigenvalue weighted by Gasteiger charge is 2.27. The van der Waals surface area contributed by atoms with Crippen molar-refractivity contribution < 1.29 is 14.7 Å². The summed E-state index contributed by atoms with van der Waals surface area (Å²) >= 11 is 0. The van der Waals surface area contributed by atoms with Gasteiger partial charge in [0.05, 0.1) is 11.6 Å². The van der Waals surface area contributed by atoms with E-state index in [2.05, 4.69) is 10.2 Å². The molecule has 0 saturated carbocycles. The second kappa shape index (κ2) is 6.72. The number of benzene rings is 1. The molecule has 114 valence electrons. The monoisotopic (exact) mass is 290 g/mol. The van der Waals surface area contributed by atoms with Crippen LogP contribution in [-0.2, 0) is 17.8 Å². The Morgan fingerprint density at radius 1 is 1.43 bits per heavy atom. The third-order valence-corrected chi connectivity index (χ3v) is 4.00. The Hall–Kier alpha value is -1.88. The fourth-order valence-corrected chi connectivity index (χ4v) is 2.72. The smallest absolute Gasteiger partial charge is 0.335 e. The number of carbonyl (C=O) groups excluding carboxylic acids is 1. The van der Waals surface area contributed by atoms with Crippen LogP contribution < -0.4 is 5.32 Å². The van der Waals surface area contributed by atoms with Crippen LogP contribution in [0, 0.1) is 0 Å². The molecule has 2 rings (SSSR count). The van der Waals surface area contributed by atoms with E-state index >= 15 is 0 Å². The van der Waals surface area contributed by atoms with Gasteiger partial charge in [0.15, 0.2) is 0 Å². The Morgan fingerprint density at radius 2 is 2.19 bits per heavy atom. The zero-order valence-corrected chi connectivity index (χ0v) is 12.6. The van der Waals surface area contributed by atoms with Gasteiger partial charge in [-0.15, -0.1) is 0 Å². The molecule has 1 aliphatic rings. The maximum absolute atomic E-state index is 12.0. The average molecular weight is 290 g/mol. The topological polar surface area (TPSA) is 69.6 Å². The van der Waals surface area contributed by atoms with Crippen molar-refractivity contribution in [3.8, 4) is 0 Å². The van der Waals surface area contributed by atoms with Gasteiger partial charge in [0.2, 0.25) is 5.91 Å². The molecule has 0 bridgehead atoms. The number of carboxylic acid groups (broad SMARTS) is 1. The molecule has 21 heavy (non-hydrogen) atoms. The number of fused-ring (bicyclic) bond motifs is 1. The Bertz CT molecular complexity index is 542. The van der Waals surface area contributed by atoms with Gasteiger partial charge in [0.1, 0.15) is 0 Å². The van der Waals surface area contributed by atoms with Gasteiger partial charge in [0, 0.05) is 19.6 Å². The van der Waals surface area contributed by atoms with E-state index in [0.29, 0.717) is 31.6 Å². The molecule has 0 radical (unpaired) electrons. The van der Waals surface area contributed by atoms with E-state index in [0.717, 1.165) is 17.5 Å².